The highest BCUT2D eigenvalue weighted by molar-refractivity contribution is 6.62. The zero-order chi connectivity index (χ0) is 17.6. The molecule has 0 saturated carbocycles. The Hall–Kier alpha value is -1.40. The van der Waals surface area contributed by atoms with Crippen LogP contribution < -0.4 is 10.8 Å². The van der Waals surface area contributed by atoms with Crippen LogP contribution in [0.15, 0.2) is 18.2 Å². The van der Waals surface area contributed by atoms with Crippen LogP contribution in [0, 0.1) is 5.82 Å². The quantitative estimate of drug-likeness (QED) is 0.852. The molecule has 1 saturated heterocycles. The Kier molecular flexibility index (Phi) is 4.37. The van der Waals surface area contributed by atoms with E-state index in [-0.39, 0.29) is 11.5 Å². The second-order valence-corrected chi connectivity index (χ2v) is 8.07. The molecular weight excluding hydrogens is 296 g/mol. The second kappa shape index (κ2) is 5.60. The van der Waals surface area contributed by atoms with E-state index in [2.05, 4.69) is 5.32 Å². The average Bonchev–Trinajstić information content (AvgIpc) is 2.55. The lowest BCUT2D eigenvalue weighted by molar-refractivity contribution is 0.00578. The van der Waals surface area contributed by atoms with Gasteiger partial charge in [-0.2, -0.15) is 0 Å². The van der Waals surface area contributed by atoms with Crippen LogP contribution in [-0.2, 0) is 9.31 Å². The summed E-state index contributed by atoms with van der Waals surface area (Å²) in [5, 5.41) is 2.83. The largest absolute Gasteiger partial charge is 0.494 e. The van der Waals surface area contributed by atoms with Gasteiger partial charge in [-0.3, -0.25) is 4.79 Å². The first-order chi connectivity index (χ1) is 10.3. The number of halogens is 1. The van der Waals surface area contributed by atoms with Crippen LogP contribution in [-0.4, -0.2) is 29.8 Å². The molecule has 6 heteroatoms. The highest BCUT2D eigenvalue weighted by atomic mass is 19.1. The van der Waals surface area contributed by atoms with Crippen molar-refractivity contribution in [2.24, 2.45) is 0 Å². The number of hydrogen-bond acceptors (Lipinski definition) is 3. The van der Waals surface area contributed by atoms with Crippen molar-refractivity contribution in [3.63, 3.8) is 0 Å². The van der Waals surface area contributed by atoms with Gasteiger partial charge >= 0.3 is 7.12 Å². The Labute approximate surface area is 137 Å². The predicted octanol–water partition coefficient (Wildman–Crippen LogP) is 2.65. The highest BCUT2D eigenvalue weighted by Gasteiger charge is 2.51. The van der Waals surface area contributed by atoms with E-state index < -0.39 is 29.7 Å². The third-order valence-electron chi connectivity index (χ3n) is 4.20. The van der Waals surface area contributed by atoms with Crippen LogP contribution in [0.4, 0.5) is 4.39 Å². The van der Waals surface area contributed by atoms with E-state index in [0.29, 0.717) is 5.46 Å². The first-order valence-electron chi connectivity index (χ1n) is 7.79. The van der Waals surface area contributed by atoms with Crippen LogP contribution in [0.1, 0.15) is 58.8 Å². The summed E-state index contributed by atoms with van der Waals surface area (Å²) in [6.45, 7) is 13.3. The minimum Gasteiger partial charge on any atom is -0.399 e. The van der Waals surface area contributed by atoms with Crippen molar-refractivity contribution in [3.05, 3.63) is 29.6 Å². The lowest BCUT2D eigenvalue weighted by atomic mass is 9.78. The monoisotopic (exact) mass is 321 g/mol. The standard InChI is InChI=1S/C17H25BFNO3/c1-15(2,3)20-14(21)11-8-12(10-13(19)9-11)18-22-16(4,5)17(6,7)23-18/h8-10H,1-7H3,(H,20,21). The minimum atomic E-state index is -0.697. The third-order valence-corrected chi connectivity index (χ3v) is 4.20. The molecule has 0 aromatic heterocycles. The van der Waals surface area contributed by atoms with Crippen molar-refractivity contribution < 1.29 is 18.5 Å². The number of nitrogens with one attached hydrogen (secondary N) is 1. The van der Waals surface area contributed by atoms with Crippen molar-refractivity contribution in [1.82, 2.24) is 5.32 Å². The van der Waals surface area contributed by atoms with Crippen molar-refractivity contribution in [2.75, 3.05) is 0 Å². The van der Waals surface area contributed by atoms with E-state index in [9.17, 15) is 9.18 Å². The van der Waals surface area contributed by atoms with Crippen molar-refractivity contribution >= 4 is 18.5 Å². The van der Waals surface area contributed by atoms with E-state index in [1.54, 1.807) is 6.07 Å². The van der Waals surface area contributed by atoms with Gasteiger partial charge in [0.25, 0.3) is 5.91 Å². The Morgan fingerprint density at radius 1 is 1.09 bits per heavy atom. The summed E-state index contributed by atoms with van der Waals surface area (Å²) < 4.78 is 25.8. The molecule has 0 aliphatic carbocycles. The Morgan fingerprint density at radius 3 is 2.09 bits per heavy atom. The van der Waals surface area contributed by atoms with Gasteiger partial charge in [-0.25, -0.2) is 4.39 Å². The maximum absolute atomic E-state index is 14.0. The Bertz CT molecular complexity index is 607. The van der Waals surface area contributed by atoms with Gasteiger partial charge in [0.1, 0.15) is 5.82 Å². The molecule has 1 fully saturated rings. The smallest absolute Gasteiger partial charge is 0.399 e. The molecule has 1 amide bonds. The third kappa shape index (κ3) is 3.93. The SMILES string of the molecule is CC(C)(C)NC(=O)c1cc(F)cc(B2OC(C)(C)C(C)(C)O2)c1. The van der Waals surface area contributed by atoms with E-state index >= 15 is 0 Å². The van der Waals surface area contributed by atoms with E-state index in [1.807, 2.05) is 48.5 Å². The van der Waals surface area contributed by atoms with Gasteiger partial charge in [-0.15, -0.1) is 0 Å². The molecule has 0 radical (unpaired) electrons. The van der Waals surface area contributed by atoms with Gasteiger partial charge in [0.15, 0.2) is 0 Å². The van der Waals surface area contributed by atoms with Crippen LogP contribution >= 0.6 is 0 Å². The van der Waals surface area contributed by atoms with Gasteiger partial charge < -0.3 is 14.6 Å². The Balaban J connectivity index is 2.30. The van der Waals surface area contributed by atoms with Gasteiger partial charge in [-0.05, 0) is 72.1 Å². The summed E-state index contributed by atoms with van der Waals surface area (Å²) in [6, 6.07) is 4.18. The molecule has 1 aliphatic rings. The van der Waals surface area contributed by atoms with Gasteiger partial charge in [0, 0.05) is 11.1 Å². The van der Waals surface area contributed by atoms with Crippen LogP contribution in [0.3, 0.4) is 0 Å². The number of carbonyl (C=O) groups excluding carboxylic acids is 1. The summed E-state index contributed by atoms with van der Waals surface area (Å²) >= 11 is 0. The molecule has 1 N–H and O–H groups in total. The summed E-state index contributed by atoms with van der Waals surface area (Å²) in [6.07, 6.45) is 0. The fourth-order valence-electron chi connectivity index (χ4n) is 2.27. The summed E-state index contributed by atoms with van der Waals surface area (Å²) in [7, 11) is -0.697. The van der Waals surface area contributed by atoms with Gasteiger partial charge in [0.2, 0.25) is 0 Å². The number of rotatable bonds is 2. The molecule has 1 heterocycles. The molecule has 2 rings (SSSR count). The van der Waals surface area contributed by atoms with Crippen LogP contribution in [0.5, 0.6) is 0 Å². The topological polar surface area (TPSA) is 47.6 Å². The molecule has 0 bridgehead atoms. The fourth-order valence-corrected chi connectivity index (χ4v) is 2.27. The highest BCUT2D eigenvalue weighted by Crippen LogP contribution is 2.36. The fraction of sp³-hybridized carbons (Fsp3) is 0.588. The molecule has 1 aromatic rings. The first kappa shape index (κ1) is 18.0. The average molecular weight is 321 g/mol. The summed E-state index contributed by atoms with van der Waals surface area (Å²) in [4.78, 5) is 12.3. The van der Waals surface area contributed by atoms with E-state index in [4.69, 9.17) is 9.31 Å². The number of benzene rings is 1. The molecule has 4 nitrogen and oxygen atoms in total. The van der Waals surface area contributed by atoms with Crippen LogP contribution in [0.2, 0.25) is 0 Å². The lowest BCUT2D eigenvalue weighted by Crippen LogP contribution is -2.41. The second-order valence-electron chi connectivity index (χ2n) is 8.07. The van der Waals surface area contributed by atoms with E-state index in [0.717, 1.165) is 0 Å². The maximum atomic E-state index is 14.0. The lowest BCUT2D eigenvalue weighted by Gasteiger charge is -2.32. The van der Waals surface area contributed by atoms with Gasteiger partial charge in [-0.1, -0.05) is 0 Å². The molecule has 0 atom stereocenters. The Morgan fingerprint density at radius 2 is 1.61 bits per heavy atom. The normalized spacial score (nSPS) is 19.7. The number of amides is 1. The number of hydrogen-bond donors (Lipinski definition) is 1. The molecule has 23 heavy (non-hydrogen) atoms. The summed E-state index contributed by atoms with van der Waals surface area (Å²) in [5.41, 5.74) is -0.670. The molecule has 1 aliphatic heterocycles. The van der Waals surface area contributed by atoms with Crippen LogP contribution in [0.25, 0.3) is 0 Å². The van der Waals surface area contributed by atoms with Crippen molar-refractivity contribution in [2.45, 2.75) is 65.2 Å². The zero-order valence-corrected chi connectivity index (χ0v) is 14.9. The zero-order valence-electron chi connectivity index (χ0n) is 14.9. The molecular formula is C17H25BFNO3. The first-order valence-corrected chi connectivity index (χ1v) is 7.79. The summed E-state index contributed by atoms with van der Waals surface area (Å²) in [5.74, 6) is -0.814. The predicted molar refractivity (Wildman–Crippen MR) is 89.3 cm³/mol. The molecule has 1 aromatic carbocycles. The van der Waals surface area contributed by atoms with Crippen molar-refractivity contribution in [1.29, 1.82) is 0 Å². The molecule has 126 valence electrons. The van der Waals surface area contributed by atoms with E-state index in [1.165, 1.54) is 12.1 Å². The van der Waals surface area contributed by atoms with Crippen molar-refractivity contribution in [3.8, 4) is 0 Å². The maximum Gasteiger partial charge on any atom is 0.494 e. The molecule has 0 spiro atoms. The number of carbonyl (C=O) groups is 1. The minimum absolute atomic E-state index is 0.254. The van der Waals surface area contributed by atoms with Gasteiger partial charge in [0.05, 0.1) is 11.2 Å². The molecule has 0 unspecified atom stereocenters.